The van der Waals surface area contributed by atoms with E-state index in [0.717, 1.165) is 41.1 Å². The van der Waals surface area contributed by atoms with E-state index >= 15 is 0 Å². The van der Waals surface area contributed by atoms with Crippen LogP contribution in [0.5, 0.6) is 0 Å². The zero-order valence-electron chi connectivity index (χ0n) is 11.2. The van der Waals surface area contributed by atoms with Crippen LogP contribution in [-0.4, -0.2) is 16.5 Å². The van der Waals surface area contributed by atoms with Crippen molar-refractivity contribution in [3.63, 3.8) is 0 Å². The normalized spacial score (nSPS) is 22.2. The molecule has 0 saturated heterocycles. The van der Waals surface area contributed by atoms with Crippen molar-refractivity contribution >= 4 is 44.0 Å². The molecule has 0 aliphatic heterocycles. The molecule has 2 rings (SSSR count). The molecule has 104 valence electrons. The Balaban J connectivity index is 2.20. The molecule has 1 aromatic rings. The third kappa shape index (κ3) is 3.26. The zero-order valence-corrected chi connectivity index (χ0v) is 13.6. The predicted molar refractivity (Wildman–Crippen MR) is 82.4 cm³/mol. The van der Waals surface area contributed by atoms with Crippen molar-refractivity contribution < 1.29 is 9.59 Å². The van der Waals surface area contributed by atoms with Crippen molar-refractivity contribution in [2.24, 2.45) is 5.92 Å². The minimum absolute atomic E-state index is 0.0737. The van der Waals surface area contributed by atoms with E-state index in [1.54, 1.807) is 0 Å². The standard InChI is InChI=1S/C14H18BrNO2S/c1-3-4-5-9-6-10-7-11(16-8(2)17)19-14(10)13(18)12(9)15/h7,9,12H,3-6H2,1-2H3,(H,16,17). The number of rotatable bonds is 4. The fourth-order valence-electron chi connectivity index (χ4n) is 2.46. The van der Waals surface area contributed by atoms with Gasteiger partial charge in [0.05, 0.1) is 14.7 Å². The van der Waals surface area contributed by atoms with E-state index < -0.39 is 0 Å². The summed E-state index contributed by atoms with van der Waals surface area (Å²) in [6.07, 6.45) is 4.30. The molecular formula is C14H18BrNO2S. The summed E-state index contributed by atoms with van der Waals surface area (Å²) >= 11 is 4.94. The fraction of sp³-hybridized carbons (Fsp3) is 0.571. The molecule has 0 saturated carbocycles. The maximum Gasteiger partial charge on any atom is 0.221 e. The monoisotopic (exact) mass is 343 g/mol. The van der Waals surface area contributed by atoms with Gasteiger partial charge in [0.2, 0.25) is 5.91 Å². The number of alkyl halides is 1. The van der Waals surface area contributed by atoms with Gasteiger partial charge in [-0.05, 0) is 30.4 Å². The first kappa shape index (κ1) is 14.7. The molecule has 3 nitrogen and oxygen atoms in total. The summed E-state index contributed by atoms with van der Waals surface area (Å²) in [5.74, 6) is 0.452. The summed E-state index contributed by atoms with van der Waals surface area (Å²) in [7, 11) is 0. The number of fused-ring (bicyclic) bond motifs is 1. The van der Waals surface area contributed by atoms with E-state index in [1.807, 2.05) is 6.07 Å². The van der Waals surface area contributed by atoms with Crippen LogP contribution in [0.3, 0.4) is 0 Å². The minimum atomic E-state index is -0.0935. The lowest BCUT2D eigenvalue weighted by molar-refractivity contribution is -0.114. The average molecular weight is 344 g/mol. The number of anilines is 1. The number of hydrogen-bond acceptors (Lipinski definition) is 3. The summed E-state index contributed by atoms with van der Waals surface area (Å²) in [5, 5.41) is 3.55. The van der Waals surface area contributed by atoms with Gasteiger partial charge in [-0.3, -0.25) is 9.59 Å². The number of carbonyl (C=O) groups is 2. The number of ketones is 1. The third-order valence-corrected chi connectivity index (χ3v) is 5.68. The highest BCUT2D eigenvalue weighted by Gasteiger charge is 2.35. The number of halogens is 1. The Bertz CT molecular complexity index is 498. The molecule has 1 aliphatic rings. The molecule has 0 spiro atoms. The second kappa shape index (κ2) is 6.18. The van der Waals surface area contributed by atoms with Gasteiger partial charge >= 0.3 is 0 Å². The van der Waals surface area contributed by atoms with Crippen molar-refractivity contribution in [1.29, 1.82) is 0 Å². The maximum absolute atomic E-state index is 12.3. The molecular weight excluding hydrogens is 326 g/mol. The van der Waals surface area contributed by atoms with Crippen LogP contribution >= 0.6 is 27.3 Å². The van der Waals surface area contributed by atoms with E-state index in [4.69, 9.17) is 0 Å². The second-order valence-electron chi connectivity index (χ2n) is 5.02. The first-order chi connectivity index (χ1) is 9.02. The van der Waals surface area contributed by atoms with Gasteiger partial charge in [0.1, 0.15) is 0 Å². The molecule has 19 heavy (non-hydrogen) atoms. The van der Waals surface area contributed by atoms with Gasteiger partial charge < -0.3 is 5.32 Å². The van der Waals surface area contributed by atoms with Crippen LogP contribution in [0, 0.1) is 5.92 Å². The Kier molecular flexibility index (Phi) is 4.79. The van der Waals surface area contributed by atoms with Crippen LogP contribution in [0.15, 0.2) is 6.07 Å². The molecule has 2 atom stereocenters. The maximum atomic E-state index is 12.3. The summed E-state index contributed by atoms with van der Waals surface area (Å²) in [6, 6.07) is 1.96. The van der Waals surface area contributed by atoms with E-state index in [9.17, 15) is 9.59 Å². The van der Waals surface area contributed by atoms with Crippen LogP contribution < -0.4 is 5.32 Å². The zero-order chi connectivity index (χ0) is 14.0. The van der Waals surface area contributed by atoms with Crippen LogP contribution in [0.1, 0.15) is 48.3 Å². The molecule has 1 N–H and O–H groups in total. The topological polar surface area (TPSA) is 46.2 Å². The lowest BCUT2D eigenvalue weighted by Gasteiger charge is -2.26. The molecule has 2 unspecified atom stereocenters. The Labute approximate surface area is 125 Å². The van der Waals surface area contributed by atoms with Crippen LogP contribution in [0.25, 0.3) is 0 Å². The second-order valence-corrected chi connectivity index (χ2v) is 7.06. The molecule has 0 radical (unpaired) electrons. The van der Waals surface area contributed by atoms with Gasteiger partial charge in [-0.15, -0.1) is 11.3 Å². The predicted octanol–water partition coefficient (Wildman–Crippen LogP) is 4.02. The van der Waals surface area contributed by atoms with E-state index in [2.05, 4.69) is 28.2 Å². The number of thiophene rings is 1. The van der Waals surface area contributed by atoms with Crippen LogP contribution in [0.4, 0.5) is 5.00 Å². The van der Waals surface area contributed by atoms with E-state index in [0.29, 0.717) is 5.92 Å². The number of hydrogen-bond donors (Lipinski definition) is 1. The summed E-state index contributed by atoms with van der Waals surface area (Å²) in [4.78, 5) is 24.1. The molecule has 1 heterocycles. The molecule has 0 aromatic carbocycles. The molecule has 0 bridgehead atoms. The molecule has 1 amide bonds. The van der Waals surface area contributed by atoms with Gasteiger partial charge in [0, 0.05) is 6.92 Å². The third-order valence-electron chi connectivity index (χ3n) is 3.41. The van der Waals surface area contributed by atoms with Crippen molar-refractivity contribution in [2.75, 3.05) is 5.32 Å². The SMILES string of the molecule is CCCCC1Cc2cc(NC(C)=O)sc2C(=O)C1Br. The number of nitrogens with one attached hydrogen (secondary N) is 1. The quantitative estimate of drug-likeness (QED) is 0.839. The van der Waals surface area contributed by atoms with Gasteiger partial charge in [-0.2, -0.15) is 0 Å². The number of carbonyl (C=O) groups excluding carboxylic acids is 2. The van der Waals surface area contributed by atoms with Crippen molar-refractivity contribution in [1.82, 2.24) is 0 Å². The first-order valence-corrected chi connectivity index (χ1v) is 8.34. The Morgan fingerprint density at radius 2 is 2.32 bits per heavy atom. The van der Waals surface area contributed by atoms with Gasteiger partial charge in [-0.1, -0.05) is 35.7 Å². The van der Waals surface area contributed by atoms with Crippen molar-refractivity contribution in [3.8, 4) is 0 Å². The lowest BCUT2D eigenvalue weighted by atomic mass is 9.84. The molecule has 1 aliphatic carbocycles. The molecule has 1 aromatic heterocycles. The molecule has 0 fully saturated rings. The van der Waals surface area contributed by atoms with Crippen molar-refractivity contribution in [2.45, 2.75) is 44.4 Å². The number of amides is 1. The van der Waals surface area contributed by atoms with Crippen molar-refractivity contribution in [3.05, 3.63) is 16.5 Å². The van der Waals surface area contributed by atoms with E-state index in [1.165, 1.54) is 18.3 Å². The Morgan fingerprint density at radius 1 is 1.58 bits per heavy atom. The number of Topliss-reactive ketones (excluding diaryl/α,β-unsaturated/α-hetero) is 1. The lowest BCUT2D eigenvalue weighted by Crippen LogP contribution is -2.30. The highest BCUT2D eigenvalue weighted by molar-refractivity contribution is 9.10. The Morgan fingerprint density at radius 3 is 2.95 bits per heavy atom. The summed E-state index contributed by atoms with van der Waals surface area (Å²) in [6.45, 7) is 3.65. The minimum Gasteiger partial charge on any atom is -0.318 e. The van der Waals surface area contributed by atoms with Gasteiger partial charge in [0.25, 0.3) is 0 Å². The average Bonchev–Trinajstić information content (AvgIpc) is 2.74. The highest BCUT2D eigenvalue weighted by Crippen LogP contribution is 2.39. The van der Waals surface area contributed by atoms with Gasteiger partial charge in [-0.25, -0.2) is 0 Å². The van der Waals surface area contributed by atoms with Gasteiger partial charge in [0.15, 0.2) is 5.78 Å². The first-order valence-electron chi connectivity index (χ1n) is 6.61. The van der Waals surface area contributed by atoms with E-state index in [-0.39, 0.29) is 16.5 Å². The van der Waals surface area contributed by atoms with Crippen LogP contribution in [0.2, 0.25) is 0 Å². The summed E-state index contributed by atoms with van der Waals surface area (Å²) in [5.41, 5.74) is 1.09. The highest BCUT2D eigenvalue weighted by atomic mass is 79.9. The number of unbranched alkanes of at least 4 members (excludes halogenated alkanes) is 1. The van der Waals surface area contributed by atoms with Crippen LogP contribution in [-0.2, 0) is 11.2 Å². The molecule has 5 heteroatoms. The Hall–Kier alpha value is -0.680. The smallest absolute Gasteiger partial charge is 0.221 e. The summed E-state index contributed by atoms with van der Waals surface area (Å²) < 4.78 is 0. The fourth-order valence-corrected chi connectivity index (χ4v) is 4.41. The largest absolute Gasteiger partial charge is 0.318 e.